The fourth-order valence-electron chi connectivity index (χ4n) is 1.97. The Bertz CT molecular complexity index is 593. The lowest BCUT2D eigenvalue weighted by Crippen LogP contribution is -2.09. The van der Waals surface area contributed by atoms with Crippen LogP contribution in [0.1, 0.15) is 29.8 Å². The van der Waals surface area contributed by atoms with Crippen LogP contribution in [0, 0.1) is 24.0 Å². The number of rotatable bonds is 4. The molecule has 0 aliphatic heterocycles. The van der Waals surface area contributed by atoms with Crippen LogP contribution >= 0.6 is 0 Å². The van der Waals surface area contributed by atoms with Crippen molar-refractivity contribution in [2.75, 3.05) is 5.32 Å². The number of hydrogen-bond donors (Lipinski definition) is 2. The molecule has 1 atom stereocenters. The van der Waals surface area contributed by atoms with Crippen LogP contribution in [0.15, 0.2) is 24.4 Å². The van der Waals surface area contributed by atoms with Gasteiger partial charge in [0.1, 0.15) is 0 Å². The van der Waals surface area contributed by atoms with Crippen LogP contribution in [0.2, 0.25) is 0 Å². The van der Waals surface area contributed by atoms with Crippen LogP contribution < -0.4 is 5.32 Å². The summed E-state index contributed by atoms with van der Waals surface area (Å²) in [4.78, 5) is 10.5. The van der Waals surface area contributed by atoms with E-state index in [9.17, 15) is 10.1 Å². The molecule has 19 heavy (non-hydrogen) atoms. The van der Waals surface area contributed by atoms with Gasteiger partial charge in [-0.05, 0) is 38.5 Å². The van der Waals surface area contributed by atoms with Crippen molar-refractivity contribution < 1.29 is 4.92 Å². The van der Waals surface area contributed by atoms with Gasteiger partial charge in [-0.3, -0.25) is 15.2 Å². The zero-order chi connectivity index (χ0) is 14.0. The fourth-order valence-corrected chi connectivity index (χ4v) is 1.97. The van der Waals surface area contributed by atoms with E-state index in [4.69, 9.17) is 0 Å². The number of nitrogens with zero attached hydrogens (tertiary/aromatic N) is 2. The number of nitro benzene ring substituents is 1. The quantitative estimate of drug-likeness (QED) is 0.653. The summed E-state index contributed by atoms with van der Waals surface area (Å²) in [6.07, 6.45) is 1.70. The van der Waals surface area contributed by atoms with Gasteiger partial charge in [0, 0.05) is 23.5 Å². The Morgan fingerprint density at radius 2 is 2.11 bits per heavy atom. The van der Waals surface area contributed by atoms with Crippen molar-refractivity contribution in [2.24, 2.45) is 0 Å². The maximum Gasteiger partial charge on any atom is 0.272 e. The van der Waals surface area contributed by atoms with Crippen LogP contribution in [-0.2, 0) is 0 Å². The maximum absolute atomic E-state index is 10.9. The summed E-state index contributed by atoms with van der Waals surface area (Å²) in [7, 11) is 0. The molecule has 1 heterocycles. The molecule has 0 aliphatic rings. The van der Waals surface area contributed by atoms with Crippen molar-refractivity contribution in [3.8, 4) is 0 Å². The first-order valence-electron chi connectivity index (χ1n) is 6.00. The predicted octanol–water partition coefficient (Wildman–Crippen LogP) is 3.11. The number of aryl methyl sites for hydroxylation is 2. The molecule has 2 aromatic rings. The smallest absolute Gasteiger partial charge is 0.272 e. The summed E-state index contributed by atoms with van der Waals surface area (Å²) in [6.45, 7) is 5.60. The molecule has 6 heteroatoms. The lowest BCUT2D eigenvalue weighted by atomic mass is 10.1. The second kappa shape index (κ2) is 5.09. The van der Waals surface area contributed by atoms with Crippen LogP contribution in [0.5, 0.6) is 0 Å². The van der Waals surface area contributed by atoms with E-state index >= 15 is 0 Å². The lowest BCUT2D eigenvalue weighted by Gasteiger charge is -2.16. The first kappa shape index (κ1) is 13.1. The van der Waals surface area contributed by atoms with Crippen LogP contribution in [0.4, 0.5) is 11.4 Å². The Hall–Kier alpha value is -2.37. The van der Waals surface area contributed by atoms with Crippen LogP contribution in [0.3, 0.4) is 0 Å². The number of anilines is 1. The standard InChI is InChI=1S/C13H16N4O2/c1-8-7-13(17(18)19)9(2)6-12(8)15-10(3)11-4-5-14-16-11/h4-7,10,15H,1-3H3,(H,14,16). The SMILES string of the molecule is Cc1cc([N+](=O)[O-])c(C)cc1NC(C)c1ccn[nH]1. The summed E-state index contributed by atoms with van der Waals surface area (Å²) >= 11 is 0. The molecule has 0 aliphatic carbocycles. The highest BCUT2D eigenvalue weighted by Gasteiger charge is 2.15. The Morgan fingerprint density at radius 1 is 1.37 bits per heavy atom. The predicted molar refractivity (Wildman–Crippen MR) is 73.2 cm³/mol. The second-order valence-corrected chi connectivity index (χ2v) is 4.59. The topological polar surface area (TPSA) is 83.8 Å². The lowest BCUT2D eigenvalue weighted by molar-refractivity contribution is -0.385. The van der Waals surface area contributed by atoms with Crippen molar-refractivity contribution in [3.05, 3.63) is 51.3 Å². The number of aromatic nitrogens is 2. The molecular formula is C13H16N4O2. The first-order chi connectivity index (χ1) is 8.99. The van der Waals surface area contributed by atoms with Crippen molar-refractivity contribution in [1.82, 2.24) is 10.2 Å². The Labute approximate surface area is 111 Å². The van der Waals surface area contributed by atoms with Gasteiger partial charge in [0.25, 0.3) is 5.69 Å². The highest BCUT2D eigenvalue weighted by Crippen LogP contribution is 2.28. The number of H-pyrrole nitrogens is 1. The maximum atomic E-state index is 10.9. The summed E-state index contributed by atoms with van der Waals surface area (Å²) in [6, 6.07) is 5.35. The summed E-state index contributed by atoms with van der Waals surface area (Å²) in [5.41, 5.74) is 3.51. The molecule has 2 N–H and O–H groups in total. The molecule has 0 bridgehead atoms. The minimum absolute atomic E-state index is 0.0575. The average molecular weight is 260 g/mol. The molecule has 0 spiro atoms. The number of hydrogen-bond acceptors (Lipinski definition) is 4. The molecule has 0 fully saturated rings. The number of aromatic amines is 1. The third-order valence-corrected chi connectivity index (χ3v) is 3.10. The van der Waals surface area contributed by atoms with Crippen molar-refractivity contribution in [3.63, 3.8) is 0 Å². The van der Waals surface area contributed by atoms with Gasteiger partial charge in [-0.15, -0.1) is 0 Å². The van der Waals surface area contributed by atoms with Gasteiger partial charge in [-0.25, -0.2) is 0 Å². The third-order valence-electron chi connectivity index (χ3n) is 3.10. The van der Waals surface area contributed by atoms with Gasteiger partial charge in [-0.2, -0.15) is 5.10 Å². The Morgan fingerprint density at radius 3 is 2.68 bits per heavy atom. The normalized spacial score (nSPS) is 12.2. The van der Waals surface area contributed by atoms with Crippen molar-refractivity contribution >= 4 is 11.4 Å². The van der Waals surface area contributed by atoms with Gasteiger partial charge in [0.15, 0.2) is 0 Å². The van der Waals surface area contributed by atoms with Crippen LogP contribution in [0.25, 0.3) is 0 Å². The largest absolute Gasteiger partial charge is 0.377 e. The Kier molecular flexibility index (Phi) is 3.50. The first-order valence-corrected chi connectivity index (χ1v) is 6.00. The molecule has 0 radical (unpaired) electrons. The zero-order valence-corrected chi connectivity index (χ0v) is 11.1. The van der Waals surface area contributed by atoms with E-state index in [2.05, 4.69) is 15.5 Å². The van der Waals surface area contributed by atoms with Crippen LogP contribution in [-0.4, -0.2) is 15.1 Å². The minimum atomic E-state index is -0.357. The summed E-state index contributed by atoms with van der Waals surface area (Å²) in [5, 5.41) is 21.0. The third kappa shape index (κ3) is 2.73. The molecule has 2 rings (SSSR count). The second-order valence-electron chi connectivity index (χ2n) is 4.59. The molecule has 6 nitrogen and oxygen atoms in total. The molecule has 0 saturated carbocycles. The van der Waals surface area contributed by atoms with Gasteiger partial charge in [0.05, 0.1) is 16.7 Å². The molecule has 1 aromatic carbocycles. The molecule has 0 saturated heterocycles. The van der Waals surface area contributed by atoms with E-state index < -0.39 is 0 Å². The molecule has 1 unspecified atom stereocenters. The monoisotopic (exact) mass is 260 g/mol. The van der Waals surface area contributed by atoms with Gasteiger partial charge in [-0.1, -0.05) is 0 Å². The molecule has 100 valence electrons. The molecular weight excluding hydrogens is 244 g/mol. The van der Waals surface area contributed by atoms with E-state index in [1.807, 2.05) is 19.9 Å². The summed E-state index contributed by atoms with van der Waals surface area (Å²) in [5.74, 6) is 0. The van der Waals surface area contributed by atoms with E-state index in [0.29, 0.717) is 5.56 Å². The van der Waals surface area contributed by atoms with Crippen molar-refractivity contribution in [1.29, 1.82) is 0 Å². The van der Waals surface area contributed by atoms with E-state index in [1.165, 1.54) is 0 Å². The van der Waals surface area contributed by atoms with E-state index in [1.54, 1.807) is 25.3 Å². The van der Waals surface area contributed by atoms with Gasteiger partial charge >= 0.3 is 0 Å². The summed E-state index contributed by atoms with van der Waals surface area (Å²) < 4.78 is 0. The molecule has 0 amide bonds. The zero-order valence-electron chi connectivity index (χ0n) is 11.1. The highest BCUT2D eigenvalue weighted by molar-refractivity contribution is 5.59. The van der Waals surface area contributed by atoms with E-state index in [-0.39, 0.29) is 16.7 Å². The van der Waals surface area contributed by atoms with Gasteiger partial charge in [0.2, 0.25) is 0 Å². The number of benzene rings is 1. The minimum Gasteiger partial charge on any atom is -0.377 e. The average Bonchev–Trinajstić information content (AvgIpc) is 2.86. The highest BCUT2D eigenvalue weighted by atomic mass is 16.6. The number of nitro groups is 1. The molecule has 1 aromatic heterocycles. The fraction of sp³-hybridized carbons (Fsp3) is 0.308. The van der Waals surface area contributed by atoms with Gasteiger partial charge < -0.3 is 5.32 Å². The Balaban J connectivity index is 2.26. The van der Waals surface area contributed by atoms with E-state index in [0.717, 1.165) is 16.9 Å². The number of nitrogens with one attached hydrogen (secondary N) is 2. The van der Waals surface area contributed by atoms with Crippen molar-refractivity contribution in [2.45, 2.75) is 26.8 Å².